The summed E-state index contributed by atoms with van der Waals surface area (Å²) in [5.41, 5.74) is 13.4. The van der Waals surface area contributed by atoms with Gasteiger partial charge in [-0.15, -0.1) is 0 Å². The van der Waals surface area contributed by atoms with Gasteiger partial charge in [0.2, 0.25) is 5.70 Å². The first kappa shape index (κ1) is 39.0. The number of allylic oxidation sites excluding steroid dienone is 3. The molecule has 0 fully saturated rings. The van der Waals surface area contributed by atoms with Crippen molar-refractivity contribution in [1.29, 1.82) is 5.26 Å². The topological polar surface area (TPSA) is 41.2 Å². The zero-order chi connectivity index (χ0) is 43.9. The predicted molar refractivity (Wildman–Crippen MR) is 271 cm³/mol. The van der Waals surface area contributed by atoms with E-state index in [-0.39, 0.29) is 6.42 Å². The van der Waals surface area contributed by atoms with E-state index in [9.17, 15) is 5.26 Å². The third kappa shape index (κ3) is 6.80. The van der Waals surface area contributed by atoms with Crippen molar-refractivity contribution in [2.24, 2.45) is 0 Å². The molecule has 0 amide bonds. The van der Waals surface area contributed by atoms with E-state index in [1.165, 1.54) is 10.8 Å². The van der Waals surface area contributed by atoms with Crippen molar-refractivity contribution in [3.8, 4) is 34.0 Å². The van der Waals surface area contributed by atoms with E-state index < -0.39 is 0 Å². The molecule has 306 valence electrons. The molecule has 0 saturated carbocycles. The highest BCUT2D eigenvalue weighted by atomic mass is 15.2. The van der Waals surface area contributed by atoms with Gasteiger partial charge in [0.25, 0.3) is 0 Å². The molecule has 5 heteroatoms. The molecule has 2 heterocycles. The third-order valence-electron chi connectivity index (χ3n) is 12.6. The summed E-state index contributed by atoms with van der Waals surface area (Å²) in [5, 5.41) is 17.5. The van der Waals surface area contributed by atoms with Crippen LogP contribution in [0.3, 0.4) is 0 Å². The molecule has 9 aromatic carbocycles. The van der Waals surface area contributed by atoms with E-state index in [4.69, 9.17) is 6.57 Å². The quantitative estimate of drug-likeness (QED) is 0.107. The molecule has 0 unspecified atom stereocenters. The van der Waals surface area contributed by atoms with Gasteiger partial charge in [-0.05, 0) is 107 Å². The number of nitrogens with zero attached hydrogens (tertiary/aromatic N) is 5. The predicted octanol–water partition coefficient (Wildman–Crippen LogP) is 16.1. The Bertz CT molecular complexity index is 3610. The lowest BCUT2D eigenvalue weighted by Gasteiger charge is -2.28. The molecule has 0 spiro atoms. The Morgan fingerprint density at radius 2 is 1.05 bits per heavy atom. The number of aromatic nitrogens is 2. The minimum atomic E-state index is 0.0162. The molecule has 11 rings (SSSR count). The first-order valence-electron chi connectivity index (χ1n) is 21.8. The average Bonchev–Trinajstić information content (AvgIpc) is 3.89. The van der Waals surface area contributed by atoms with Crippen molar-refractivity contribution in [2.45, 2.75) is 13.3 Å². The maximum absolute atomic E-state index is 10.5. The van der Waals surface area contributed by atoms with Crippen molar-refractivity contribution in [3.63, 3.8) is 0 Å². The van der Waals surface area contributed by atoms with Crippen LogP contribution in [0.5, 0.6) is 0 Å². The second kappa shape index (κ2) is 16.4. The van der Waals surface area contributed by atoms with E-state index in [1.54, 1.807) is 0 Å². The van der Waals surface area contributed by atoms with E-state index in [1.807, 2.05) is 42.5 Å². The van der Waals surface area contributed by atoms with Crippen molar-refractivity contribution in [3.05, 3.63) is 241 Å². The number of hydrogen-bond donors (Lipinski definition) is 0. The lowest BCUT2D eigenvalue weighted by atomic mass is 10.0. The van der Waals surface area contributed by atoms with E-state index >= 15 is 0 Å². The van der Waals surface area contributed by atoms with Gasteiger partial charge in [-0.2, -0.15) is 5.26 Å². The van der Waals surface area contributed by atoms with Gasteiger partial charge in [0.1, 0.15) is 0 Å². The number of benzene rings is 9. The smallest absolute Gasteiger partial charge is 0.209 e. The molecule has 5 nitrogen and oxygen atoms in total. The number of fused-ring (bicyclic) bond motifs is 8. The first-order chi connectivity index (χ1) is 32.1. The zero-order valence-corrected chi connectivity index (χ0v) is 35.7. The summed E-state index contributed by atoms with van der Waals surface area (Å²) in [6, 6.07) is 76.6. The molecule has 11 aromatic rings. The largest absolute Gasteiger partial charge is 0.323 e. The van der Waals surface area contributed by atoms with Crippen molar-refractivity contribution in [1.82, 2.24) is 9.13 Å². The fourth-order valence-corrected chi connectivity index (χ4v) is 9.63. The van der Waals surface area contributed by atoms with Crippen LogP contribution in [-0.4, -0.2) is 9.13 Å². The van der Waals surface area contributed by atoms with E-state index in [0.717, 1.165) is 88.6 Å². The van der Waals surface area contributed by atoms with Gasteiger partial charge in [-0.25, -0.2) is 4.85 Å². The lowest BCUT2D eigenvalue weighted by Crippen LogP contribution is -2.18. The second-order valence-electron chi connectivity index (χ2n) is 16.3. The Labute approximate surface area is 377 Å². The van der Waals surface area contributed by atoms with E-state index in [0.29, 0.717) is 11.4 Å². The number of rotatable bonds is 9. The maximum Gasteiger partial charge on any atom is 0.209 e. The Morgan fingerprint density at radius 1 is 0.538 bits per heavy atom. The zero-order valence-electron chi connectivity index (χ0n) is 35.7. The van der Waals surface area contributed by atoms with Crippen molar-refractivity contribution in [2.75, 3.05) is 4.90 Å². The minimum Gasteiger partial charge on any atom is -0.323 e. The Balaban J connectivity index is 1.11. The second-order valence-corrected chi connectivity index (χ2v) is 16.3. The standard InChI is InChI=1S/C60H41N5/c1-41(39-54(62-2)58(37-38-61)64(47-30-25-44(26-31-47)42-15-5-3-6-16-42)48-32-27-45(28-33-48)43-17-7-4-8-18-43)63-57-36-34-49(40-53(57)60-50-20-10-9-19-46(50)29-35-59(60)63)65-55-23-13-11-21-51(55)52-22-12-14-24-56(52)65/h3-36,39-40H,37H2,1H3/b41-39+,58-54-. The maximum atomic E-state index is 10.5. The molecule has 0 atom stereocenters. The van der Waals surface area contributed by atoms with Crippen LogP contribution >= 0.6 is 0 Å². The Hall–Kier alpha value is -8.90. The first-order valence-corrected chi connectivity index (χ1v) is 21.8. The Morgan fingerprint density at radius 3 is 1.62 bits per heavy atom. The lowest BCUT2D eigenvalue weighted by molar-refractivity contribution is 1.06. The fraction of sp³-hybridized carbons (Fsp3) is 0.0333. The van der Waals surface area contributed by atoms with Gasteiger partial charge in [0, 0.05) is 50.0 Å². The van der Waals surface area contributed by atoms with Crippen LogP contribution in [0.15, 0.2) is 230 Å². The molecule has 0 bridgehead atoms. The van der Waals surface area contributed by atoms with Crippen LogP contribution in [0, 0.1) is 17.9 Å². The fourth-order valence-electron chi connectivity index (χ4n) is 9.63. The highest BCUT2D eigenvalue weighted by molar-refractivity contribution is 6.22. The number of nitriles is 1. The van der Waals surface area contributed by atoms with Crippen molar-refractivity contribution < 1.29 is 0 Å². The molecule has 0 aliphatic rings. The molecule has 65 heavy (non-hydrogen) atoms. The summed E-state index contributed by atoms with van der Waals surface area (Å²) in [4.78, 5) is 6.29. The summed E-state index contributed by atoms with van der Waals surface area (Å²) in [6.07, 6.45) is 1.97. The number of hydrogen-bond acceptors (Lipinski definition) is 2. The molecule has 0 N–H and O–H groups in total. The van der Waals surface area contributed by atoms with Crippen LogP contribution in [0.1, 0.15) is 13.3 Å². The molecule has 0 radical (unpaired) electrons. The van der Waals surface area contributed by atoms with E-state index in [2.05, 4.69) is 208 Å². The average molecular weight is 832 g/mol. The number of anilines is 2. The molecule has 0 saturated heterocycles. The van der Waals surface area contributed by atoms with Crippen LogP contribution in [0.25, 0.3) is 92.9 Å². The van der Waals surface area contributed by atoms with Crippen LogP contribution in [0.2, 0.25) is 0 Å². The Kier molecular flexibility index (Phi) is 9.85. The van der Waals surface area contributed by atoms with Crippen LogP contribution in [0.4, 0.5) is 11.4 Å². The molecule has 0 aliphatic carbocycles. The van der Waals surface area contributed by atoms with Gasteiger partial charge >= 0.3 is 0 Å². The molecular weight excluding hydrogens is 791 g/mol. The van der Waals surface area contributed by atoms with Gasteiger partial charge in [0.15, 0.2) is 0 Å². The molecule has 0 aliphatic heterocycles. The van der Waals surface area contributed by atoms with Crippen LogP contribution in [-0.2, 0) is 0 Å². The third-order valence-corrected chi connectivity index (χ3v) is 12.6. The minimum absolute atomic E-state index is 0.0162. The van der Waals surface area contributed by atoms with Gasteiger partial charge in [-0.1, -0.05) is 152 Å². The summed E-state index contributed by atoms with van der Waals surface area (Å²) < 4.78 is 4.64. The molecule has 2 aromatic heterocycles. The summed E-state index contributed by atoms with van der Waals surface area (Å²) in [6.45, 7) is 10.8. The summed E-state index contributed by atoms with van der Waals surface area (Å²) in [5.74, 6) is 0. The normalized spacial score (nSPS) is 12.1. The monoisotopic (exact) mass is 831 g/mol. The highest BCUT2D eigenvalue weighted by Crippen LogP contribution is 2.41. The van der Waals surface area contributed by atoms with Gasteiger partial charge < -0.3 is 14.0 Å². The summed E-state index contributed by atoms with van der Waals surface area (Å²) >= 11 is 0. The van der Waals surface area contributed by atoms with Gasteiger partial charge in [0.05, 0.1) is 41.1 Å². The van der Waals surface area contributed by atoms with Gasteiger partial charge in [-0.3, -0.25) is 0 Å². The van der Waals surface area contributed by atoms with Crippen molar-refractivity contribution >= 4 is 71.5 Å². The number of para-hydroxylation sites is 2. The SMILES string of the molecule is [C-]#[N+]C(/C=C(\C)n1c2ccc(-n3c4ccccc4c4ccccc43)cc2c2c3ccccc3ccc21)=C(/CC#N)N(c1ccc(-c2ccccc2)cc1)c1ccc(-c2ccccc2)cc1. The highest BCUT2D eigenvalue weighted by Gasteiger charge is 2.22. The molecular formula is C60H41N5. The summed E-state index contributed by atoms with van der Waals surface area (Å²) in [7, 11) is 0. The van der Waals surface area contributed by atoms with Crippen LogP contribution < -0.4 is 4.90 Å².